The van der Waals surface area contributed by atoms with Crippen LogP contribution in [-0.4, -0.2) is 66.8 Å². The highest BCUT2D eigenvalue weighted by molar-refractivity contribution is 6.10. The SMILES string of the molecule is C=CCOc1cc(C(=O)OCC)cc2c(OC)c(-c3c(OC)cc4c(OCC=C)cc(C(=O)OCC)cc4c3OC)c(OC)cc12. The molecule has 0 aliphatic rings. The van der Waals surface area contributed by atoms with Crippen molar-refractivity contribution in [2.45, 2.75) is 13.8 Å². The number of carbonyl (C=O) groups is 2. The fraction of sp³-hybridized carbons (Fsp3) is 0.278. The lowest BCUT2D eigenvalue weighted by atomic mass is 9.92. The summed E-state index contributed by atoms with van der Waals surface area (Å²) in [6.45, 7) is 11.7. The molecule has 4 rings (SSSR count). The summed E-state index contributed by atoms with van der Waals surface area (Å²) in [4.78, 5) is 25.8. The van der Waals surface area contributed by atoms with Gasteiger partial charge >= 0.3 is 11.9 Å². The number of carbonyl (C=O) groups excluding carboxylic acids is 2. The van der Waals surface area contributed by atoms with Gasteiger partial charge in [0.1, 0.15) is 47.7 Å². The van der Waals surface area contributed by atoms with Crippen LogP contribution in [0.15, 0.2) is 61.7 Å². The second kappa shape index (κ2) is 15.1. The maximum atomic E-state index is 12.9. The molecule has 0 aliphatic heterocycles. The van der Waals surface area contributed by atoms with Crippen molar-refractivity contribution >= 4 is 33.5 Å². The molecule has 0 aliphatic carbocycles. The van der Waals surface area contributed by atoms with E-state index in [1.54, 1.807) is 62.4 Å². The molecule has 0 heterocycles. The second-order valence-corrected chi connectivity index (χ2v) is 9.75. The molecule has 0 fully saturated rings. The maximum Gasteiger partial charge on any atom is 0.338 e. The Kier molecular flexibility index (Phi) is 11.0. The molecule has 46 heavy (non-hydrogen) atoms. The summed E-state index contributed by atoms with van der Waals surface area (Å²) in [5.41, 5.74) is 1.48. The molecule has 4 aromatic carbocycles. The Balaban J connectivity index is 2.19. The first-order chi connectivity index (χ1) is 22.3. The van der Waals surface area contributed by atoms with E-state index in [9.17, 15) is 9.59 Å². The normalized spacial score (nSPS) is 10.7. The van der Waals surface area contributed by atoms with Gasteiger partial charge in [-0.2, -0.15) is 0 Å². The number of esters is 2. The highest BCUT2D eigenvalue weighted by Crippen LogP contribution is 2.54. The molecule has 0 aromatic heterocycles. The van der Waals surface area contributed by atoms with E-state index in [0.29, 0.717) is 67.2 Å². The van der Waals surface area contributed by atoms with Crippen molar-refractivity contribution in [3.05, 3.63) is 72.8 Å². The van der Waals surface area contributed by atoms with Crippen LogP contribution in [0, 0.1) is 0 Å². The van der Waals surface area contributed by atoms with E-state index in [-0.39, 0.29) is 37.6 Å². The molecule has 0 atom stereocenters. The molecule has 0 amide bonds. The van der Waals surface area contributed by atoms with Gasteiger partial charge in [0.25, 0.3) is 0 Å². The van der Waals surface area contributed by atoms with Crippen molar-refractivity contribution in [1.29, 1.82) is 0 Å². The lowest BCUT2D eigenvalue weighted by Crippen LogP contribution is -2.07. The van der Waals surface area contributed by atoms with E-state index in [1.807, 2.05) is 0 Å². The number of methoxy groups -OCH3 is 4. The molecule has 0 unspecified atom stereocenters. The minimum atomic E-state index is -0.522. The van der Waals surface area contributed by atoms with Crippen molar-refractivity contribution in [2.24, 2.45) is 0 Å². The van der Waals surface area contributed by atoms with Crippen molar-refractivity contribution in [3.63, 3.8) is 0 Å². The van der Waals surface area contributed by atoms with Crippen molar-refractivity contribution in [3.8, 4) is 45.6 Å². The smallest absolute Gasteiger partial charge is 0.338 e. The molecular formula is C36H38O10. The molecule has 0 saturated carbocycles. The second-order valence-electron chi connectivity index (χ2n) is 9.75. The van der Waals surface area contributed by atoms with Gasteiger partial charge in [-0.1, -0.05) is 25.3 Å². The van der Waals surface area contributed by atoms with Crippen LogP contribution in [0.5, 0.6) is 34.5 Å². The Bertz CT molecular complexity index is 1660. The van der Waals surface area contributed by atoms with Crippen LogP contribution >= 0.6 is 0 Å². The number of benzene rings is 4. The van der Waals surface area contributed by atoms with E-state index in [4.69, 9.17) is 37.9 Å². The van der Waals surface area contributed by atoms with Gasteiger partial charge in [-0.15, -0.1) is 0 Å². The molecule has 10 heteroatoms. The summed E-state index contributed by atoms with van der Waals surface area (Å²) in [7, 11) is 6.08. The van der Waals surface area contributed by atoms with Crippen molar-refractivity contribution in [1.82, 2.24) is 0 Å². The van der Waals surface area contributed by atoms with E-state index in [0.717, 1.165) is 0 Å². The Morgan fingerprint density at radius 3 is 1.26 bits per heavy atom. The van der Waals surface area contributed by atoms with Crippen LogP contribution in [0.4, 0.5) is 0 Å². The fourth-order valence-corrected chi connectivity index (χ4v) is 5.25. The predicted octanol–water partition coefficient (Wildman–Crippen LogP) is 7.18. The van der Waals surface area contributed by atoms with E-state index >= 15 is 0 Å². The monoisotopic (exact) mass is 630 g/mol. The zero-order valence-corrected chi connectivity index (χ0v) is 26.9. The summed E-state index contributed by atoms with van der Waals surface area (Å²) < 4.78 is 46.6. The summed E-state index contributed by atoms with van der Waals surface area (Å²) >= 11 is 0. The molecule has 0 saturated heterocycles. The summed E-state index contributed by atoms with van der Waals surface area (Å²) in [5.74, 6) is 1.27. The van der Waals surface area contributed by atoms with Crippen LogP contribution < -0.4 is 28.4 Å². The Labute approximate surface area is 268 Å². The van der Waals surface area contributed by atoms with Crippen LogP contribution in [-0.2, 0) is 9.47 Å². The standard InChI is InChI=1S/C36H38O10/c1-9-13-45-27-17-21(35(37)43-11-3)15-25-23(27)19-29(39-5)31(33(25)41-7)32-30(40-6)20-24-26(34(32)42-8)16-22(36(38)44-12-4)18-28(24)46-14-10-2/h9-10,15-20H,1-2,11-14H2,3-8H3. The van der Waals surface area contributed by atoms with Crippen LogP contribution in [0.25, 0.3) is 32.7 Å². The van der Waals surface area contributed by atoms with E-state index in [1.165, 1.54) is 28.4 Å². The number of ether oxygens (including phenoxy) is 8. The van der Waals surface area contributed by atoms with Crippen molar-refractivity contribution < 1.29 is 47.5 Å². The van der Waals surface area contributed by atoms with Gasteiger partial charge in [0, 0.05) is 21.5 Å². The lowest BCUT2D eigenvalue weighted by Gasteiger charge is -2.23. The van der Waals surface area contributed by atoms with E-state index in [2.05, 4.69) is 13.2 Å². The van der Waals surface area contributed by atoms with Gasteiger partial charge < -0.3 is 37.9 Å². The van der Waals surface area contributed by atoms with Gasteiger partial charge in [0.2, 0.25) is 0 Å². The van der Waals surface area contributed by atoms with Crippen molar-refractivity contribution in [2.75, 3.05) is 54.9 Å². The van der Waals surface area contributed by atoms with Gasteiger partial charge in [-0.05, 0) is 50.2 Å². The van der Waals surface area contributed by atoms with Crippen LogP contribution in [0.2, 0.25) is 0 Å². The first-order valence-corrected chi connectivity index (χ1v) is 14.6. The maximum absolute atomic E-state index is 12.9. The fourth-order valence-electron chi connectivity index (χ4n) is 5.25. The van der Waals surface area contributed by atoms with Crippen LogP contribution in [0.1, 0.15) is 34.6 Å². The first-order valence-electron chi connectivity index (χ1n) is 14.6. The number of hydrogen-bond donors (Lipinski definition) is 0. The third-order valence-electron chi connectivity index (χ3n) is 7.10. The molecule has 0 bridgehead atoms. The zero-order chi connectivity index (χ0) is 33.4. The minimum Gasteiger partial charge on any atom is -0.496 e. The predicted molar refractivity (Wildman–Crippen MR) is 176 cm³/mol. The molecular weight excluding hydrogens is 592 g/mol. The molecule has 242 valence electrons. The summed E-state index contributed by atoms with van der Waals surface area (Å²) in [6.07, 6.45) is 3.21. The van der Waals surface area contributed by atoms with Gasteiger partial charge in [0.05, 0.1) is 63.9 Å². The molecule has 0 radical (unpaired) electrons. The third kappa shape index (κ3) is 6.37. The van der Waals surface area contributed by atoms with Gasteiger partial charge in [-0.3, -0.25) is 0 Å². The average Bonchev–Trinajstić information content (AvgIpc) is 3.07. The number of hydrogen-bond acceptors (Lipinski definition) is 10. The molecule has 0 spiro atoms. The highest BCUT2D eigenvalue weighted by Gasteiger charge is 2.29. The largest absolute Gasteiger partial charge is 0.496 e. The minimum absolute atomic E-state index is 0.194. The number of rotatable bonds is 15. The zero-order valence-electron chi connectivity index (χ0n) is 26.9. The molecule has 10 nitrogen and oxygen atoms in total. The quantitative estimate of drug-likeness (QED) is 0.0990. The molecule has 4 aromatic rings. The first kappa shape index (κ1) is 33.5. The van der Waals surface area contributed by atoms with Crippen LogP contribution in [0.3, 0.4) is 0 Å². The van der Waals surface area contributed by atoms with E-state index < -0.39 is 11.9 Å². The summed E-state index contributed by atoms with van der Waals surface area (Å²) in [5, 5.41) is 2.33. The summed E-state index contributed by atoms with van der Waals surface area (Å²) in [6, 6.07) is 10.2. The third-order valence-corrected chi connectivity index (χ3v) is 7.10. The average molecular weight is 631 g/mol. The topological polar surface area (TPSA) is 108 Å². The van der Waals surface area contributed by atoms with Gasteiger partial charge in [0.15, 0.2) is 0 Å². The van der Waals surface area contributed by atoms with Gasteiger partial charge in [-0.25, -0.2) is 9.59 Å². The number of fused-ring (bicyclic) bond motifs is 2. The highest BCUT2D eigenvalue weighted by atomic mass is 16.5. The lowest BCUT2D eigenvalue weighted by molar-refractivity contribution is 0.0516. The molecule has 0 N–H and O–H groups in total. The Morgan fingerprint density at radius 1 is 0.565 bits per heavy atom. The Morgan fingerprint density at radius 2 is 0.957 bits per heavy atom. The Hall–Kier alpha value is -5.38.